The Morgan fingerprint density at radius 1 is 1.42 bits per heavy atom. The van der Waals surface area contributed by atoms with Gasteiger partial charge in [-0.2, -0.15) is 10.4 Å². The highest BCUT2D eigenvalue weighted by Crippen LogP contribution is 2.50. The summed E-state index contributed by atoms with van der Waals surface area (Å²) in [5.74, 6) is 0.494. The number of rotatable bonds is 3. The summed E-state index contributed by atoms with van der Waals surface area (Å²) in [6.45, 7) is 0. The summed E-state index contributed by atoms with van der Waals surface area (Å²) in [7, 11) is 1.82. The molecular weight excluding hydrogens is 243 g/mol. The van der Waals surface area contributed by atoms with Crippen LogP contribution in [0.1, 0.15) is 18.4 Å². The maximum Gasteiger partial charge on any atom is 0.128 e. The molecular formula is C14H13FN4. The van der Waals surface area contributed by atoms with Crippen molar-refractivity contribution in [1.82, 2.24) is 9.78 Å². The molecule has 0 atom stereocenters. The van der Waals surface area contributed by atoms with Gasteiger partial charge >= 0.3 is 0 Å². The molecule has 0 amide bonds. The van der Waals surface area contributed by atoms with Crippen LogP contribution in [0.2, 0.25) is 0 Å². The summed E-state index contributed by atoms with van der Waals surface area (Å²) in [4.78, 5) is 0. The van der Waals surface area contributed by atoms with Crippen LogP contribution in [0.25, 0.3) is 0 Å². The van der Waals surface area contributed by atoms with Crippen LogP contribution in [-0.2, 0) is 12.5 Å². The number of hydrogen-bond acceptors (Lipinski definition) is 3. The second-order valence-corrected chi connectivity index (χ2v) is 4.85. The van der Waals surface area contributed by atoms with Gasteiger partial charge in [-0.25, -0.2) is 4.39 Å². The molecule has 1 aliphatic carbocycles. The Morgan fingerprint density at radius 2 is 2.21 bits per heavy atom. The van der Waals surface area contributed by atoms with Crippen LogP contribution in [-0.4, -0.2) is 9.78 Å². The predicted octanol–water partition coefficient (Wildman–Crippen LogP) is 2.86. The Balaban J connectivity index is 2.02. The van der Waals surface area contributed by atoms with Gasteiger partial charge in [-0.3, -0.25) is 4.68 Å². The topological polar surface area (TPSA) is 53.6 Å². The summed E-state index contributed by atoms with van der Waals surface area (Å²) in [6, 6.07) is 8.66. The zero-order chi connectivity index (χ0) is 13.5. The third kappa shape index (κ3) is 1.95. The Bertz CT molecular complexity index is 664. The molecule has 19 heavy (non-hydrogen) atoms. The van der Waals surface area contributed by atoms with Gasteiger partial charge in [0, 0.05) is 18.8 Å². The minimum atomic E-state index is -0.525. The fourth-order valence-corrected chi connectivity index (χ4v) is 2.22. The number of aromatic nitrogens is 2. The van der Waals surface area contributed by atoms with Crippen molar-refractivity contribution in [2.24, 2.45) is 7.05 Å². The van der Waals surface area contributed by atoms with Crippen molar-refractivity contribution in [1.29, 1.82) is 5.26 Å². The Hall–Kier alpha value is -2.35. The highest BCUT2D eigenvalue weighted by molar-refractivity contribution is 5.65. The van der Waals surface area contributed by atoms with Gasteiger partial charge in [-0.1, -0.05) is 0 Å². The smallest absolute Gasteiger partial charge is 0.128 e. The number of aryl methyl sites for hydroxylation is 1. The first kappa shape index (κ1) is 11.7. The summed E-state index contributed by atoms with van der Waals surface area (Å²) in [5, 5.41) is 16.6. The van der Waals surface area contributed by atoms with Gasteiger partial charge in [0.15, 0.2) is 0 Å². The van der Waals surface area contributed by atoms with E-state index in [1.807, 2.05) is 13.1 Å². The lowest BCUT2D eigenvalue weighted by Crippen LogP contribution is -2.09. The van der Waals surface area contributed by atoms with Crippen molar-refractivity contribution in [2.75, 3.05) is 5.32 Å². The number of benzene rings is 1. The largest absolute Gasteiger partial charge is 0.340 e. The van der Waals surface area contributed by atoms with Crippen molar-refractivity contribution in [3.05, 3.63) is 41.8 Å². The van der Waals surface area contributed by atoms with Gasteiger partial charge in [0.05, 0.1) is 17.7 Å². The van der Waals surface area contributed by atoms with Crippen LogP contribution in [0, 0.1) is 17.1 Å². The fraction of sp³-hybridized carbons (Fsp3) is 0.286. The van der Waals surface area contributed by atoms with Crippen molar-refractivity contribution in [2.45, 2.75) is 18.3 Å². The molecule has 1 fully saturated rings. The van der Waals surface area contributed by atoms with Crippen LogP contribution in [0.3, 0.4) is 0 Å². The van der Waals surface area contributed by atoms with Gasteiger partial charge in [0.2, 0.25) is 0 Å². The quantitative estimate of drug-likeness (QED) is 0.918. The molecule has 1 N–H and O–H groups in total. The average molecular weight is 256 g/mol. The van der Waals surface area contributed by atoms with E-state index in [1.54, 1.807) is 16.9 Å². The fourth-order valence-electron chi connectivity index (χ4n) is 2.22. The molecule has 0 bridgehead atoms. The Kier molecular flexibility index (Phi) is 2.53. The Morgan fingerprint density at radius 3 is 2.79 bits per heavy atom. The van der Waals surface area contributed by atoms with E-state index >= 15 is 0 Å². The zero-order valence-corrected chi connectivity index (χ0v) is 10.5. The molecule has 0 spiro atoms. The maximum absolute atomic E-state index is 13.4. The molecule has 2 aromatic rings. The first-order valence-electron chi connectivity index (χ1n) is 6.11. The van der Waals surface area contributed by atoms with Gasteiger partial charge in [0.1, 0.15) is 11.6 Å². The SMILES string of the molecule is Cn1nccc1Nc1ccc(F)cc1C1(C#N)CC1. The minimum absolute atomic E-state index is 0.313. The number of hydrogen-bond donors (Lipinski definition) is 1. The number of halogens is 1. The summed E-state index contributed by atoms with van der Waals surface area (Å²) < 4.78 is 15.1. The monoisotopic (exact) mass is 256 g/mol. The molecule has 4 nitrogen and oxygen atoms in total. The van der Waals surface area contributed by atoms with Crippen molar-refractivity contribution in [3.8, 4) is 6.07 Å². The maximum atomic E-state index is 13.4. The normalized spacial score (nSPS) is 15.8. The number of nitrogens with one attached hydrogen (secondary N) is 1. The number of anilines is 2. The van der Waals surface area contributed by atoms with E-state index in [1.165, 1.54) is 12.1 Å². The molecule has 0 saturated heterocycles. The average Bonchev–Trinajstić information content (AvgIpc) is 3.11. The Labute approximate surface area is 110 Å². The predicted molar refractivity (Wildman–Crippen MR) is 69.4 cm³/mol. The lowest BCUT2D eigenvalue weighted by molar-refractivity contribution is 0.624. The summed E-state index contributed by atoms with van der Waals surface area (Å²) in [5.41, 5.74) is 0.975. The van der Waals surface area contributed by atoms with Crippen LogP contribution in [0.15, 0.2) is 30.5 Å². The van der Waals surface area contributed by atoms with Crippen molar-refractivity contribution < 1.29 is 4.39 Å². The first-order valence-corrected chi connectivity index (χ1v) is 6.11. The van der Waals surface area contributed by atoms with E-state index < -0.39 is 5.41 Å². The molecule has 1 aliphatic rings. The third-order valence-corrected chi connectivity index (χ3v) is 3.54. The van der Waals surface area contributed by atoms with E-state index in [-0.39, 0.29) is 5.82 Å². The second-order valence-electron chi connectivity index (χ2n) is 4.85. The molecule has 3 rings (SSSR count). The molecule has 5 heteroatoms. The summed E-state index contributed by atoms with van der Waals surface area (Å²) >= 11 is 0. The van der Waals surface area contributed by atoms with Gasteiger partial charge in [0.25, 0.3) is 0 Å². The molecule has 1 aromatic heterocycles. The van der Waals surface area contributed by atoms with Crippen LogP contribution in [0.4, 0.5) is 15.9 Å². The van der Waals surface area contributed by atoms with Crippen LogP contribution >= 0.6 is 0 Å². The molecule has 1 aromatic carbocycles. The highest BCUT2D eigenvalue weighted by atomic mass is 19.1. The third-order valence-electron chi connectivity index (χ3n) is 3.54. The number of nitrogens with zero attached hydrogens (tertiary/aromatic N) is 3. The molecule has 0 unspecified atom stereocenters. The van der Waals surface area contributed by atoms with Crippen LogP contribution in [0.5, 0.6) is 0 Å². The van der Waals surface area contributed by atoms with Crippen molar-refractivity contribution >= 4 is 11.5 Å². The standard InChI is InChI=1S/C14H13FN4/c1-19-13(4-7-17-19)18-12-3-2-10(15)8-11(12)14(9-16)5-6-14/h2-4,7-8,18H,5-6H2,1H3. The van der Waals surface area contributed by atoms with E-state index in [0.717, 1.165) is 29.9 Å². The second kappa shape index (κ2) is 4.09. The molecule has 0 aliphatic heterocycles. The lowest BCUT2D eigenvalue weighted by atomic mass is 9.95. The lowest BCUT2D eigenvalue weighted by Gasteiger charge is -2.15. The van der Waals surface area contributed by atoms with Crippen LogP contribution < -0.4 is 5.32 Å². The van der Waals surface area contributed by atoms with Crippen molar-refractivity contribution in [3.63, 3.8) is 0 Å². The van der Waals surface area contributed by atoms with Gasteiger partial charge in [-0.15, -0.1) is 0 Å². The van der Waals surface area contributed by atoms with E-state index in [2.05, 4.69) is 16.5 Å². The van der Waals surface area contributed by atoms with Gasteiger partial charge < -0.3 is 5.32 Å². The number of nitriles is 1. The summed E-state index contributed by atoms with van der Waals surface area (Å²) in [6.07, 6.45) is 3.25. The zero-order valence-electron chi connectivity index (χ0n) is 10.5. The van der Waals surface area contributed by atoms with E-state index in [9.17, 15) is 9.65 Å². The first-order chi connectivity index (χ1) is 9.14. The minimum Gasteiger partial charge on any atom is -0.340 e. The molecule has 1 heterocycles. The molecule has 1 saturated carbocycles. The molecule has 0 radical (unpaired) electrons. The molecule has 96 valence electrons. The van der Waals surface area contributed by atoms with E-state index in [4.69, 9.17) is 0 Å². The van der Waals surface area contributed by atoms with E-state index in [0.29, 0.717) is 0 Å². The highest BCUT2D eigenvalue weighted by Gasteiger charge is 2.46. The van der Waals surface area contributed by atoms with Gasteiger partial charge in [-0.05, 0) is 36.6 Å².